The topological polar surface area (TPSA) is 80.0 Å². The molecule has 140 valence electrons. The molecule has 1 unspecified atom stereocenters. The summed E-state index contributed by atoms with van der Waals surface area (Å²) in [6, 6.07) is 10.7. The Morgan fingerprint density at radius 3 is 2.93 bits per heavy atom. The summed E-state index contributed by atoms with van der Waals surface area (Å²) in [6.07, 6.45) is 6.33. The van der Waals surface area contributed by atoms with E-state index in [9.17, 15) is 0 Å². The first-order valence-corrected chi connectivity index (χ1v) is 9.68. The van der Waals surface area contributed by atoms with Crippen molar-refractivity contribution in [3.8, 4) is 0 Å². The van der Waals surface area contributed by atoms with E-state index in [2.05, 4.69) is 44.2 Å². The summed E-state index contributed by atoms with van der Waals surface area (Å²) < 4.78 is 0. The molecule has 1 aliphatic heterocycles. The van der Waals surface area contributed by atoms with Gasteiger partial charge >= 0.3 is 0 Å². The Labute approximate surface area is 159 Å². The van der Waals surface area contributed by atoms with Crippen LogP contribution in [0.25, 0.3) is 10.9 Å². The normalized spacial score (nSPS) is 17.3. The molecule has 0 spiro atoms. The SMILES string of the molecule is CCC1CCCCN1c1ncnc(Nc2cccc3ccc(C)nc23)c1N. The number of anilines is 4. The van der Waals surface area contributed by atoms with Crippen molar-refractivity contribution >= 4 is 33.9 Å². The first kappa shape index (κ1) is 17.5. The summed E-state index contributed by atoms with van der Waals surface area (Å²) in [5, 5.41) is 4.47. The van der Waals surface area contributed by atoms with Crippen LogP contribution in [0.1, 0.15) is 38.3 Å². The molecule has 1 saturated heterocycles. The number of nitrogens with one attached hydrogen (secondary N) is 1. The highest BCUT2D eigenvalue weighted by molar-refractivity contribution is 5.93. The standard InChI is InChI=1S/C21H26N6/c1-3-16-8-4-5-12-27(16)21-18(22)20(23-13-24-21)26-17-9-6-7-15-11-10-14(2)25-19(15)17/h6-7,9-11,13,16H,3-5,8,12,22H2,1-2H3,(H,23,24,26). The number of hydrogen-bond acceptors (Lipinski definition) is 6. The first-order valence-electron chi connectivity index (χ1n) is 9.68. The number of rotatable bonds is 4. The van der Waals surface area contributed by atoms with Crippen molar-refractivity contribution in [2.24, 2.45) is 0 Å². The lowest BCUT2D eigenvalue weighted by Gasteiger charge is -2.36. The lowest BCUT2D eigenvalue weighted by molar-refractivity contribution is 0.447. The van der Waals surface area contributed by atoms with Gasteiger partial charge in [-0.2, -0.15) is 0 Å². The molecule has 1 aromatic carbocycles. The summed E-state index contributed by atoms with van der Waals surface area (Å²) in [7, 11) is 0. The Morgan fingerprint density at radius 2 is 2.07 bits per heavy atom. The maximum Gasteiger partial charge on any atom is 0.159 e. The fourth-order valence-electron chi connectivity index (χ4n) is 3.89. The Balaban J connectivity index is 1.71. The molecule has 4 rings (SSSR count). The van der Waals surface area contributed by atoms with Crippen LogP contribution in [-0.4, -0.2) is 27.5 Å². The molecule has 1 fully saturated rings. The molecule has 27 heavy (non-hydrogen) atoms. The number of para-hydroxylation sites is 1. The second kappa shape index (κ2) is 7.39. The van der Waals surface area contributed by atoms with Crippen molar-refractivity contribution in [2.75, 3.05) is 22.5 Å². The van der Waals surface area contributed by atoms with Crippen molar-refractivity contribution < 1.29 is 0 Å². The van der Waals surface area contributed by atoms with E-state index >= 15 is 0 Å². The number of aromatic nitrogens is 3. The average molecular weight is 362 g/mol. The minimum atomic E-state index is 0.491. The molecule has 1 atom stereocenters. The van der Waals surface area contributed by atoms with Crippen molar-refractivity contribution in [1.82, 2.24) is 15.0 Å². The third-order valence-electron chi connectivity index (χ3n) is 5.35. The fourth-order valence-corrected chi connectivity index (χ4v) is 3.89. The summed E-state index contributed by atoms with van der Waals surface area (Å²) in [5.74, 6) is 1.47. The second-order valence-electron chi connectivity index (χ2n) is 7.17. The monoisotopic (exact) mass is 362 g/mol. The molecular formula is C21H26N6. The van der Waals surface area contributed by atoms with Gasteiger partial charge in [-0.3, -0.25) is 4.98 Å². The quantitative estimate of drug-likeness (QED) is 0.715. The van der Waals surface area contributed by atoms with E-state index in [0.717, 1.165) is 41.1 Å². The highest BCUT2D eigenvalue weighted by atomic mass is 15.2. The van der Waals surface area contributed by atoms with E-state index in [1.165, 1.54) is 19.3 Å². The van der Waals surface area contributed by atoms with Gasteiger partial charge in [0.15, 0.2) is 11.6 Å². The second-order valence-corrected chi connectivity index (χ2v) is 7.17. The van der Waals surface area contributed by atoms with E-state index in [-0.39, 0.29) is 0 Å². The van der Waals surface area contributed by atoms with Gasteiger partial charge < -0.3 is 16.0 Å². The summed E-state index contributed by atoms with van der Waals surface area (Å²) in [6.45, 7) is 5.21. The summed E-state index contributed by atoms with van der Waals surface area (Å²) >= 11 is 0. The molecule has 0 amide bonds. The molecule has 0 bridgehead atoms. The fraction of sp³-hybridized carbons (Fsp3) is 0.381. The van der Waals surface area contributed by atoms with Gasteiger partial charge in [0.05, 0.1) is 11.2 Å². The van der Waals surface area contributed by atoms with Gasteiger partial charge in [-0.1, -0.05) is 25.1 Å². The van der Waals surface area contributed by atoms with Crippen molar-refractivity contribution in [3.63, 3.8) is 0 Å². The van der Waals surface area contributed by atoms with Crippen LogP contribution in [0, 0.1) is 6.92 Å². The average Bonchev–Trinajstić information content (AvgIpc) is 2.70. The smallest absolute Gasteiger partial charge is 0.159 e. The number of hydrogen-bond donors (Lipinski definition) is 2. The van der Waals surface area contributed by atoms with E-state index in [4.69, 9.17) is 5.73 Å². The Bertz CT molecular complexity index is 955. The molecule has 0 saturated carbocycles. The third kappa shape index (κ3) is 3.39. The third-order valence-corrected chi connectivity index (χ3v) is 5.35. The van der Waals surface area contributed by atoms with Crippen LogP contribution >= 0.6 is 0 Å². The van der Waals surface area contributed by atoms with E-state index in [0.29, 0.717) is 17.5 Å². The molecule has 2 aromatic heterocycles. The van der Waals surface area contributed by atoms with Gasteiger partial charge in [0.2, 0.25) is 0 Å². The first-order chi connectivity index (χ1) is 13.2. The maximum atomic E-state index is 6.50. The van der Waals surface area contributed by atoms with Crippen LogP contribution in [0.4, 0.5) is 23.0 Å². The molecule has 3 heterocycles. The number of nitrogen functional groups attached to an aromatic ring is 1. The minimum absolute atomic E-state index is 0.491. The number of benzene rings is 1. The van der Waals surface area contributed by atoms with Gasteiger partial charge in [-0.25, -0.2) is 9.97 Å². The van der Waals surface area contributed by atoms with Crippen molar-refractivity contribution in [2.45, 2.75) is 45.6 Å². The van der Waals surface area contributed by atoms with Gasteiger partial charge in [0.25, 0.3) is 0 Å². The van der Waals surface area contributed by atoms with Gasteiger partial charge in [0.1, 0.15) is 12.0 Å². The highest BCUT2D eigenvalue weighted by Crippen LogP contribution is 2.34. The number of piperidine rings is 1. The van der Waals surface area contributed by atoms with Crippen LogP contribution in [0.2, 0.25) is 0 Å². The Morgan fingerprint density at radius 1 is 1.19 bits per heavy atom. The zero-order chi connectivity index (χ0) is 18.8. The predicted molar refractivity (Wildman–Crippen MR) is 111 cm³/mol. The van der Waals surface area contributed by atoms with Crippen molar-refractivity contribution in [1.29, 1.82) is 0 Å². The number of fused-ring (bicyclic) bond motifs is 1. The van der Waals surface area contributed by atoms with E-state index in [1.54, 1.807) is 6.33 Å². The predicted octanol–water partition coefficient (Wildman–Crippen LogP) is 4.43. The zero-order valence-corrected chi connectivity index (χ0v) is 15.9. The lowest BCUT2D eigenvalue weighted by atomic mass is 10.00. The summed E-state index contributed by atoms with van der Waals surface area (Å²) in [5.41, 5.74) is 9.90. The number of aryl methyl sites for hydroxylation is 1. The molecule has 3 aromatic rings. The van der Waals surface area contributed by atoms with E-state index in [1.807, 2.05) is 25.1 Å². The van der Waals surface area contributed by atoms with Crippen LogP contribution in [0.3, 0.4) is 0 Å². The highest BCUT2D eigenvalue weighted by Gasteiger charge is 2.25. The number of nitrogens with zero attached hydrogens (tertiary/aromatic N) is 4. The van der Waals surface area contributed by atoms with Crippen LogP contribution in [0.15, 0.2) is 36.7 Å². The Kier molecular flexibility index (Phi) is 4.79. The number of pyridine rings is 1. The van der Waals surface area contributed by atoms with E-state index < -0.39 is 0 Å². The molecule has 0 aliphatic carbocycles. The van der Waals surface area contributed by atoms with Gasteiger partial charge in [0, 0.05) is 23.7 Å². The molecule has 6 heteroatoms. The molecule has 0 radical (unpaired) electrons. The van der Waals surface area contributed by atoms with Gasteiger partial charge in [-0.15, -0.1) is 0 Å². The van der Waals surface area contributed by atoms with Gasteiger partial charge in [-0.05, 0) is 44.7 Å². The molecule has 3 N–H and O–H groups in total. The van der Waals surface area contributed by atoms with Crippen LogP contribution in [0.5, 0.6) is 0 Å². The molecular weight excluding hydrogens is 336 g/mol. The van der Waals surface area contributed by atoms with Crippen molar-refractivity contribution in [3.05, 3.63) is 42.4 Å². The minimum Gasteiger partial charge on any atom is -0.393 e. The molecule has 6 nitrogen and oxygen atoms in total. The Hall–Kier alpha value is -2.89. The summed E-state index contributed by atoms with van der Waals surface area (Å²) in [4.78, 5) is 15.9. The molecule has 1 aliphatic rings. The largest absolute Gasteiger partial charge is 0.393 e. The zero-order valence-electron chi connectivity index (χ0n) is 15.9. The lowest BCUT2D eigenvalue weighted by Crippen LogP contribution is -2.40. The maximum absolute atomic E-state index is 6.50. The van der Waals surface area contributed by atoms with Crippen LogP contribution < -0.4 is 16.0 Å². The number of nitrogens with two attached hydrogens (primary N) is 1. The van der Waals surface area contributed by atoms with Crippen LogP contribution in [-0.2, 0) is 0 Å².